The molecule has 4 heteroatoms. The number of anilines is 1. The summed E-state index contributed by atoms with van der Waals surface area (Å²) in [4.78, 5) is 8.54. The molecule has 0 amide bonds. The highest BCUT2D eigenvalue weighted by Gasteiger charge is 2.03. The van der Waals surface area contributed by atoms with Crippen LogP contribution in [0, 0.1) is 0 Å². The fourth-order valence-corrected chi connectivity index (χ4v) is 1.47. The summed E-state index contributed by atoms with van der Waals surface area (Å²) < 4.78 is 0. The highest BCUT2D eigenvalue weighted by Crippen LogP contribution is 2.07. The van der Waals surface area contributed by atoms with Gasteiger partial charge in [-0.2, -0.15) is 0 Å². The van der Waals surface area contributed by atoms with E-state index < -0.39 is 0 Å². The summed E-state index contributed by atoms with van der Waals surface area (Å²) in [6.45, 7) is 0.673. The van der Waals surface area contributed by atoms with E-state index in [2.05, 4.69) is 4.99 Å². The lowest BCUT2D eigenvalue weighted by Crippen LogP contribution is -2.35. The first-order valence-electron chi connectivity index (χ1n) is 5.24. The zero-order chi connectivity index (χ0) is 12.1. The molecule has 0 aliphatic rings. The molecule has 16 heavy (non-hydrogen) atoms. The third kappa shape index (κ3) is 3.46. The average molecular weight is 220 g/mol. The molecule has 0 saturated carbocycles. The van der Waals surface area contributed by atoms with E-state index in [1.54, 1.807) is 0 Å². The van der Waals surface area contributed by atoms with Gasteiger partial charge in [0.25, 0.3) is 0 Å². The van der Waals surface area contributed by atoms with Crippen LogP contribution in [0.15, 0.2) is 29.3 Å². The first kappa shape index (κ1) is 12.4. The molecule has 0 saturated heterocycles. The summed E-state index contributed by atoms with van der Waals surface area (Å²) in [7, 11) is 7.95. The van der Waals surface area contributed by atoms with Crippen molar-refractivity contribution < 1.29 is 0 Å². The Morgan fingerprint density at radius 2 is 1.56 bits per heavy atom. The maximum absolute atomic E-state index is 5.63. The first-order valence-corrected chi connectivity index (χ1v) is 5.24. The molecular formula is C12H20N4. The summed E-state index contributed by atoms with van der Waals surface area (Å²) in [5.41, 5.74) is 7.57. The van der Waals surface area contributed by atoms with Crippen LogP contribution < -0.4 is 5.73 Å². The van der Waals surface area contributed by atoms with E-state index in [1.807, 2.05) is 62.3 Å². The van der Waals surface area contributed by atoms with Crippen molar-refractivity contribution >= 4 is 11.6 Å². The van der Waals surface area contributed by atoms with Gasteiger partial charge in [0.2, 0.25) is 0 Å². The van der Waals surface area contributed by atoms with Crippen molar-refractivity contribution in [3.8, 4) is 0 Å². The van der Waals surface area contributed by atoms with Crippen LogP contribution >= 0.6 is 0 Å². The van der Waals surface area contributed by atoms with E-state index in [0.717, 1.165) is 17.2 Å². The molecule has 1 rings (SSSR count). The summed E-state index contributed by atoms with van der Waals surface area (Å²) in [5.74, 6) is 0.955. The van der Waals surface area contributed by atoms with E-state index >= 15 is 0 Å². The molecule has 0 unspecified atom stereocenters. The number of nitrogens with zero attached hydrogens (tertiary/aromatic N) is 3. The van der Waals surface area contributed by atoms with Gasteiger partial charge in [-0.25, -0.2) is 4.99 Å². The van der Waals surface area contributed by atoms with E-state index in [1.165, 1.54) is 0 Å². The van der Waals surface area contributed by atoms with Gasteiger partial charge in [0.15, 0.2) is 5.96 Å². The van der Waals surface area contributed by atoms with E-state index in [9.17, 15) is 0 Å². The van der Waals surface area contributed by atoms with Crippen LogP contribution in [-0.4, -0.2) is 44.0 Å². The Bertz CT molecular complexity index is 342. The SMILES string of the molecule is CN(C)C(=NCc1ccc(N)cc1)N(C)C. The molecule has 1 aromatic rings. The maximum atomic E-state index is 5.63. The van der Waals surface area contributed by atoms with Gasteiger partial charge >= 0.3 is 0 Å². The van der Waals surface area contributed by atoms with Crippen LogP contribution in [0.1, 0.15) is 5.56 Å². The summed E-state index contributed by atoms with van der Waals surface area (Å²) >= 11 is 0. The van der Waals surface area contributed by atoms with Crippen molar-refractivity contribution in [2.45, 2.75) is 6.54 Å². The fourth-order valence-electron chi connectivity index (χ4n) is 1.47. The standard InChI is InChI=1S/C12H20N4/c1-15(2)12(16(3)4)14-9-10-5-7-11(13)8-6-10/h5-8H,9,13H2,1-4H3. The largest absolute Gasteiger partial charge is 0.399 e. The van der Waals surface area contributed by atoms with Gasteiger partial charge in [0.1, 0.15) is 0 Å². The predicted octanol–water partition coefficient (Wildman–Crippen LogP) is 1.25. The van der Waals surface area contributed by atoms with Crippen molar-refractivity contribution in [3.05, 3.63) is 29.8 Å². The van der Waals surface area contributed by atoms with Crippen LogP contribution in [0.3, 0.4) is 0 Å². The number of hydrogen-bond acceptors (Lipinski definition) is 2. The highest BCUT2D eigenvalue weighted by molar-refractivity contribution is 5.79. The molecule has 0 spiro atoms. The average Bonchev–Trinajstić information content (AvgIpc) is 2.20. The van der Waals surface area contributed by atoms with Crippen molar-refractivity contribution in [2.75, 3.05) is 33.9 Å². The number of nitrogens with two attached hydrogens (primary N) is 1. The van der Waals surface area contributed by atoms with E-state index in [4.69, 9.17) is 5.73 Å². The number of hydrogen-bond donors (Lipinski definition) is 1. The normalized spacial score (nSPS) is 9.75. The second-order valence-corrected chi connectivity index (χ2v) is 4.15. The Labute approximate surface area is 97.4 Å². The fraction of sp³-hybridized carbons (Fsp3) is 0.417. The second-order valence-electron chi connectivity index (χ2n) is 4.15. The summed E-state index contributed by atoms with van der Waals surface area (Å²) in [5, 5.41) is 0. The van der Waals surface area contributed by atoms with Crippen LogP contribution in [0.5, 0.6) is 0 Å². The zero-order valence-corrected chi connectivity index (χ0v) is 10.4. The summed E-state index contributed by atoms with van der Waals surface area (Å²) in [6.07, 6.45) is 0. The van der Waals surface area contributed by atoms with Gasteiger partial charge in [0, 0.05) is 33.9 Å². The molecule has 0 aliphatic heterocycles. The minimum Gasteiger partial charge on any atom is -0.399 e. The first-order chi connectivity index (χ1) is 7.50. The van der Waals surface area contributed by atoms with Gasteiger partial charge in [-0.15, -0.1) is 0 Å². The lowest BCUT2D eigenvalue weighted by Gasteiger charge is -2.22. The number of aliphatic imine (C=N–C) groups is 1. The number of guanidine groups is 1. The maximum Gasteiger partial charge on any atom is 0.195 e. The van der Waals surface area contributed by atoms with Gasteiger partial charge in [-0.1, -0.05) is 12.1 Å². The molecule has 4 nitrogen and oxygen atoms in total. The quantitative estimate of drug-likeness (QED) is 0.463. The van der Waals surface area contributed by atoms with Gasteiger partial charge < -0.3 is 15.5 Å². The van der Waals surface area contributed by atoms with Crippen molar-refractivity contribution in [1.82, 2.24) is 9.80 Å². The summed E-state index contributed by atoms with van der Waals surface area (Å²) in [6, 6.07) is 7.80. The lowest BCUT2D eigenvalue weighted by molar-refractivity contribution is 0.479. The van der Waals surface area contributed by atoms with Crippen LogP contribution in [-0.2, 0) is 6.54 Å². The molecule has 0 bridgehead atoms. The zero-order valence-electron chi connectivity index (χ0n) is 10.4. The monoisotopic (exact) mass is 220 g/mol. The number of benzene rings is 1. The Kier molecular flexibility index (Phi) is 4.17. The molecule has 0 radical (unpaired) electrons. The van der Waals surface area contributed by atoms with Gasteiger partial charge in [0.05, 0.1) is 6.54 Å². The molecule has 0 atom stereocenters. The second kappa shape index (κ2) is 5.39. The third-order valence-electron chi connectivity index (χ3n) is 2.18. The number of nitrogen functional groups attached to an aromatic ring is 1. The van der Waals surface area contributed by atoms with Gasteiger partial charge in [-0.3, -0.25) is 0 Å². The van der Waals surface area contributed by atoms with Crippen LogP contribution in [0.25, 0.3) is 0 Å². The molecule has 0 fully saturated rings. The Morgan fingerprint density at radius 1 is 1.06 bits per heavy atom. The minimum atomic E-state index is 0.673. The Hall–Kier alpha value is -1.71. The molecule has 88 valence electrons. The van der Waals surface area contributed by atoms with Crippen molar-refractivity contribution in [2.24, 2.45) is 4.99 Å². The molecule has 1 aromatic carbocycles. The van der Waals surface area contributed by atoms with E-state index in [-0.39, 0.29) is 0 Å². The van der Waals surface area contributed by atoms with E-state index in [0.29, 0.717) is 6.54 Å². The Morgan fingerprint density at radius 3 is 2.00 bits per heavy atom. The Balaban J connectivity index is 2.73. The smallest absolute Gasteiger partial charge is 0.195 e. The number of rotatable bonds is 2. The third-order valence-corrected chi connectivity index (χ3v) is 2.18. The van der Waals surface area contributed by atoms with Crippen LogP contribution in [0.2, 0.25) is 0 Å². The molecule has 0 aliphatic carbocycles. The highest BCUT2D eigenvalue weighted by atomic mass is 15.3. The molecule has 0 aromatic heterocycles. The predicted molar refractivity (Wildman–Crippen MR) is 69.4 cm³/mol. The lowest BCUT2D eigenvalue weighted by atomic mass is 10.2. The minimum absolute atomic E-state index is 0.673. The van der Waals surface area contributed by atoms with Crippen molar-refractivity contribution in [1.29, 1.82) is 0 Å². The van der Waals surface area contributed by atoms with Crippen LogP contribution in [0.4, 0.5) is 5.69 Å². The molecular weight excluding hydrogens is 200 g/mol. The molecule has 2 N–H and O–H groups in total. The topological polar surface area (TPSA) is 44.9 Å². The van der Waals surface area contributed by atoms with Crippen molar-refractivity contribution in [3.63, 3.8) is 0 Å². The molecule has 0 heterocycles. The van der Waals surface area contributed by atoms with Gasteiger partial charge in [-0.05, 0) is 17.7 Å².